The molecule has 0 aliphatic heterocycles. The van der Waals surface area contributed by atoms with E-state index in [-0.39, 0.29) is 12.4 Å². The highest BCUT2D eigenvalue weighted by Crippen LogP contribution is 2.17. The van der Waals surface area contributed by atoms with Gasteiger partial charge in [0.2, 0.25) is 0 Å². The summed E-state index contributed by atoms with van der Waals surface area (Å²) in [6, 6.07) is 4.42. The standard InChI is InChI=1S/C14H21FN2O2/c1-9-6-5-7-10(12(9)15)11(16)8-17-13(18)19-14(2,3)4/h5-7,11H,8,16H2,1-4H3,(H,17,18). The van der Waals surface area contributed by atoms with Crippen molar-refractivity contribution in [1.29, 1.82) is 0 Å². The summed E-state index contributed by atoms with van der Waals surface area (Å²) in [4.78, 5) is 11.5. The number of nitrogens with one attached hydrogen (secondary N) is 1. The number of carbonyl (C=O) groups is 1. The van der Waals surface area contributed by atoms with Gasteiger partial charge in [-0.2, -0.15) is 0 Å². The molecule has 1 unspecified atom stereocenters. The molecule has 4 nitrogen and oxygen atoms in total. The Bertz CT molecular complexity index is 455. The molecule has 1 amide bonds. The SMILES string of the molecule is Cc1cccc(C(N)CNC(=O)OC(C)(C)C)c1F. The Morgan fingerprint density at radius 3 is 2.68 bits per heavy atom. The van der Waals surface area contributed by atoms with Crippen molar-refractivity contribution >= 4 is 6.09 Å². The van der Waals surface area contributed by atoms with Crippen molar-refractivity contribution in [3.63, 3.8) is 0 Å². The molecule has 0 aliphatic rings. The Balaban J connectivity index is 2.59. The second kappa shape index (κ2) is 6.02. The van der Waals surface area contributed by atoms with Crippen LogP contribution < -0.4 is 11.1 Å². The van der Waals surface area contributed by atoms with E-state index in [2.05, 4.69) is 5.32 Å². The summed E-state index contributed by atoms with van der Waals surface area (Å²) in [7, 11) is 0. The van der Waals surface area contributed by atoms with Crippen molar-refractivity contribution in [3.8, 4) is 0 Å². The fourth-order valence-corrected chi connectivity index (χ4v) is 1.57. The van der Waals surface area contributed by atoms with Crippen LogP contribution >= 0.6 is 0 Å². The lowest BCUT2D eigenvalue weighted by Gasteiger charge is -2.21. The lowest BCUT2D eigenvalue weighted by Crippen LogP contribution is -2.36. The zero-order valence-electron chi connectivity index (χ0n) is 11.8. The summed E-state index contributed by atoms with van der Waals surface area (Å²) in [6.45, 7) is 7.11. The smallest absolute Gasteiger partial charge is 0.407 e. The van der Waals surface area contributed by atoms with Crippen molar-refractivity contribution in [2.45, 2.75) is 39.3 Å². The maximum Gasteiger partial charge on any atom is 0.407 e. The van der Waals surface area contributed by atoms with Crippen molar-refractivity contribution < 1.29 is 13.9 Å². The molecule has 3 N–H and O–H groups in total. The van der Waals surface area contributed by atoms with E-state index in [0.717, 1.165) is 0 Å². The number of amides is 1. The highest BCUT2D eigenvalue weighted by molar-refractivity contribution is 5.67. The Morgan fingerprint density at radius 1 is 1.47 bits per heavy atom. The van der Waals surface area contributed by atoms with Crippen LogP contribution in [0.5, 0.6) is 0 Å². The molecule has 0 aromatic heterocycles. The first-order chi connectivity index (χ1) is 8.70. The van der Waals surface area contributed by atoms with E-state index in [1.54, 1.807) is 45.9 Å². The van der Waals surface area contributed by atoms with Crippen LogP contribution in [0.1, 0.15) is 37.9 Å². The zero-order valence-corrected chi connectivity index (χ0v) is 11.8. The van der Waals surface area contributed by atoms with Crippen LogP contribution in [-0.4, -0.2) is 18.2 Å². The van der Waals surface area contributed by atoms with E-state index in [4.69, 9.17) is 10.5 Å². The van der Waals surface area contributed by atoms with Crippen LogP contribution in [0.4, 0.5) is 9.18 Å². The van der Waals surface area contributed by atoms with Crippen molar-refractivity contribution in [1.82, 2.24) is 5.32 Å². The molecule has 0 bridgehead atoms. The van der Waals surface area contributed by atoms with Crippen LogP contribution in [0.25, 0.3) is 0 Å². The summed E-state index contributed by atoms with van der Waals surface area (Å²) in [5.74, 6) is -0.332. The van der Waals surface area contributed by atoms with Crippen LogP contribution in [-0.2, 0) is 4.74 Å². The fourth-order valence-electron chi connectivity index (χ4n) is 1.57. The average Bonchev–Trinajstić information content (AvgIpc) is 2.27. The van der Waals surface area contributed by atoms with Gasteiger partial charge in [0.15, 0.2) is 0 Å². The molecule has 0 saturated heterocycles. The van der Waals surface area contributed by atoms with E-state index < -0.39 is 17.7 Å². The second-order valence-electron chi connectivity index (χ2n) is 5.47. The van der Waals surface area contributed by atoms with Crippen LogP contribution in [0.15, 0.2) is 18.2 Å². The number of carbonyl (C=O) groups excluding carboxylic acids is 1. The Labute approximate surface area is 113 Å². The molecule has 1 aromatic rings. The fraction of sp³-hybridized carbons (Fsp3) is 0.500. The van der Waals surface area contributed by atoms with E-state index in [9.17, 15) is 9.18 Å². The molecule has 5 heteroatoms. The topological polar surface area (TPSA) is 64.3 Å². The van der Waals surface area contributed by atoms with Gasteiger partial charge >= 0.3 is 6.09 Å². The molecule has 1 atom stereocenters. The summed E-state index contributed by atoms with van der Waals surface area (Å²) >= 11 is 0. The number of aryl methyl sites for hydroxylation is 1. The van der Waals surface area contributed by atoms with Crippen LogP contribution in [0.3, 0.4) is 0 Å². The minimum atomic E-state index is -0.604. The number of hydrogen-bond acceptors (Lipinski definition) is 3. The lowest BCUT2D eigenvalue weighted by molar-refractivity contribution is 0.0524. The quantitative estimate of drug-likeness (QED) is 0.885. The van der Waals surface area contributed by atoms with E-state index >= 15 is 0 Å². The Hall–Kier alpha value is -1.62. The molecule has 0 heterocycles. The molecule has 0 spiro atoms. The summed E-state index contributed by atoms with van der Waals surface area (Å²) in [6.07, 6.45) is -0.559. The van der Waals surface area contributed by atoms with Crippen molar-refractivity contribution in [2.24, 2.45) is 5.73 Å². The van der Waals surface area contributed by atoms with Gasteiger partial charge in [0.25, 0.3) is 0 Å². The molecule has 106 valence electrons. The highest BCUT2D eigenvalue weighted by atomic mass is 19.1. The van der Waals surface area contributed by atoms with Gasteiger partial charge < -0.3 is 15.8 Å². The molecule has 19 heavy (non-hydrogen) atoms. The zero-order chi connectivity index (χ0) is 14.6. The van der Waals surface area contributed by atoms with Crippen molar-refractivity contribution in [3.05, 3.63) is 35.1 Å². The molecule has 0 fully saturated rings. The van der Waals surface area contributed by atoms with Gasteiger partial charge in [-0.1, -0.05) is 18.2 Å². The van der Waals surface area contributed by atoms with E-state index in [0.29, 0.717) is 11.1 Å². The minimum absolute atomic E-state index is 0.120. The Morgan fingerprint density at radius 2 is 2.11 bits per heavy atom. The minimum Gasteiger partial charge on any atom is -0.444 e. The number of rotatable bonds is 3. The lowest BCUT2D eigenvalue weighted by atomic mass is 10.0. The Kier molecular flexibility index (Phi) is 4.89. The molecular weight excluding hydrogens is 247 g/mol. The first kappa shape index (κ1) is 15.4. The molecule has 1 aromatic carbocycles. The third-order valence-corrected chi connectivity index (χ3v) is 2.49. The first-order valence-corrected chi connectivity index (χ1v) is 6.18. The maximum absolute atomic E-state index is 13.8. The highest BCUT2D eigenvalue weighted by Gasteiger charge is 2.18. The summed E-state index contributed by atoms with van der Waals surface area (Å²) < 4.78 is 18.9. The molecule has 0 radical (unpaired) electrons. The normalized spacial score (nSPS) is 12.9. The predicted molar refractivity (Wildman–Crippen MR) is 72.3 cm³/mol. The van der Waals surface area contributed by atoms with Crippen LogP contribution in [0, 0.1) is 12.7 Å². The largest absolute Gasteiger partial charge is 0.444 e. The number of nitrogens with two attached hydrogens (primary N) is 1. The van der Waals surface area contributed by atoms with Gasteiger partial charge in [-0.15, -0.1) is 0 Å². The number of benzene rings is 1. The molecule has 0 saturated carbocycles. The first-order valence-electron chi connectivity index (χ1n) is 6.18. The van der Waals surface area contributed by atoms with Gasteiger partial charge in [-0.05, 0) is 33.3 Å². The third kappa shape index (κ3) is 4.87. The monoisotopic (exact) mass is 268 g/mol. The molecule has 0 aliphatic carbocycles. The molecule has 1 rings (SSSR count). The van der Waals surface area contributed by atoms with Gasteiger partial charge in [0.1, 0.15) is 11.4 Å². The van der Waals surface area contributed by atoms with Gasteiger partial charge in [-0.3, -0.25) is 0 Å². The summed E-state index contributed by atoms with van der Waals surface area (Å²) in [5.41, 5.74) is 6.22. The second-order valence-corrected chi connectivity index (χ2v) is 5.47. The third-order valence-electron chi connectivity index (χ3n) is 2.49. The summed E-state index contributed by atoms with van der Waals surface area (Å²) in [5, 5.41) is 2.53. The van der Waals surface area contributed by atoms with Gasteiger partial charge in [0, 0.05) is 12.1 Å². The van der Waals surface area contributed by atoms with E-state index in [1.807, 2.05) is 0 Å². The maximum atomic E-state index is 13.8. The number of ether oxygens (including phenoxy) is 1. The average molecular weight is 268 g/mol. The van der Waals surface area contributed by atoms with Gasteiger partial charge in [-0.25, -0.2) is 9.18 Å². The van der Waals surface area contributed by atoms with Crippen LogP contribution in [0.2, 0.25) is 0 Å². The van der Waals surface area contributed by atoms with Crippen molar-refractivity contribution in [2.75, 3.05) is 6.54 Å². The number of halogens is 1. The molecular formula is C14H21FN2O2. The number of alkyl carbamates (subject to hydrolysis) is 1. The predicted octanol–water partition coefficient (Wildman–Crippen LogP) is 2.66. The van der Waals surface area contributed by atoms with E-state index in [1.165, 1.54) is 0 Å². The van der Waals surface area contributed by atoms with Gasteiger partial charge in [0.05, 0.1) is 6.04 Å². The number of hydrogen-bond donors (Lipinski definition) is 2.